The van der Waals surface area contributed by atoms with Crippen LogP contribution in [0.3, 0.4) is 0 Å². The van der Waals surface area contributed by atoms with E-state index >= 15 is 0 Å². The van der Waals surface area contributed by atoms with Gasteiger partial charge in [-0.1, -0.05) is 13.8 Å². The molecule has 7 nitrogen and oxygen atoms in total. The van der Waals surface area contributed by atoms with Crippen LogP contribution in [0.5, 0.6) is 0 Å². The predicted octanol–water partition coefficient (Wildman–Crippen LogP) is 2.36. The number of nitrogens with zero attached hydrogens (tertiary/aromatic N) is 6. The molecule has 3 heterocycles. The number of piperazine rings is 1. The summed E-state index contributed by atoms with van der Waals surface area (Å²) in [6, 6.07) is 3.85. The van der Waals surface area contributed by atoms with E-state index in [0.29, 0.717) is 5.92 Å². The molecule has 1 saturated heterocycles. The van der Waals surface area contributed by atoms with Gasteiger partial charge in [0.25, 0.3) is 0 Å². The van der Waals surface area contributed by atoms with Gasteiger partial charge in [-0.15, -0.1) is 0 Å². The van der Waals surface area contributed by atoms with E-state index < -0.39 is 0 Å². The third-order valence-corrected chi connectivity index (χ3v) is 4.27. The molecule has 7 heteroatoms. The van der Waals surface area contributed by atoms with E-state index in [4.69, 9.17) is 4.98 Å². The molecule has 0 radical (unpaired) electrons. The third kappa shape index (κ3) is 4.78. The lowest BCUT2D eigenvalue weighted by Crippen LogP contribution is -2.47. The van der Waals surface area contributed by atoms with Gasteiger partial charge >= 0.3 is 0 Å². The van der Waals surface area contributed by atoms with Gasteiger partial charge in [0, 0.05) is 56.9 Å². The summed E-state index contributed by atoms with van der Waals surface area (Å²) in [4.78, 5) is 22.4. The summed E-state index contributed by atoms with van der Waals surface area (Å²) in [5, 5.41) is 3.42. The van der Waals surface area contributed by atoms with Gasteiger partial charge in [0.15, 0.2) is 0 Å². The molecule has 0 amide bonds. The largest absolute Gasteiger partial charge is 0.370 e. The highest BCUT2D eigenvalue weighted by molar-refractivity contribution is 5.45. The molecule has 0 aromatic carbocycles. The lowest BCUT2D eigenvalue weighted by molar-refractivity contribution is 0.606. The average Bonchev–Trinajstić information content (AvgIpc) is 2.62. The standard InChI is InChI=1S/C18H27N7/c1-14(2)5-8-19-16-13-15(3)22-18(23-16)25-11-9-24(10-12-25)17-20-6-4-7-21-17/h4,6-7,13-14H,5,8-12H2,1-3H3,(H,19,22,23). The maximum absolute atomic E-state index is 4.71. The number of hydrogen-bond donors (Lipinski definition) is 1. The first kappa shape index (κ1) is 17.4. The summed E-state index contributed by atoms with van der Waals surface area (Å²) in [6.45, 7) is 10.9. The molecule has 3 rings (SSSR count). The van der Waals surface area contributed by atoms with Crippen LogP contribution in [-0.2, 0) is 0 Å². The topological polar surface area (TPSA) is 70.1 Å². The Kier molecular flexibility index (Phi) is 5.63. The summed E-state index contributed by atoms with van der Waals surface area (Å²) in [7, 11) is 0. The number of rotatable bonds is 6. The van der Waals surface area contributed by atoms with Crippen LogP contribution in [0.2, 0.25) is 0 Å². The summed E-state index contributed by atoms with van der Waals surface area (Å²) in [5.74, 6) is 3.20. The number of anilines is 3. The van der Waals surface area contributed by atoms with Gasteiger partial charge in [-0.2, -0.15) is 4.98 Å². The zero-order chi connectivity index (χ0) is 17.6. The Morgan fingerprint density at radius 2 is 1.64 bits per heavy atom. The van der Waals surface area contributed by atoms with Gasteiger partial charge in [0.1, 0.15) is 5.82 Å². The van der Waals surface area contributed by atoms with Gasteiger partial charge in [-0.05, 0) is 25.3 Å². The Balaban J connectivity index is 1.61. The lowest BCUT2D eigenvalue weighted by atomic mass is 10.1. The Morgan fingerprint density at radius 1 is 1.00 bits per heavy atom. The molecule has 2 aromatic heterocycles. The van der Waals surface area contributed by atoms with Crippen LogP contribution >= 0.6 is 0 Å². The molecule has 1 fully saturated rings. The van der Waals surface area contributed by atoms with E-state index in [9.17, 15) is 0 Å². The quantitative estimate of drug-likeness (QED) is 0.865. The Labute approximate surface area is 149 Å². The van der Waals surface area contributed by atoms with E-state index in [1.807, 2.05) is 19.1 Å². The minimum atomic E-state index is 0.684. The van der Waals surface area contributed by atoms with Crippen LogP contribution in [0.15, 0.2) is 24.5 Å². The van der Waals surface area contributed by atoms with Crippen molar-refractivity contribution < 1.29 is 0 Å². The second-order valence-corrected chi connectivity index (χ2v) is 6.83. The normalized spacial score (nSPS) is 14.9. The Hall–Kier alpha value is -2.44. The predicted molar refractivity (Wildman–Crippen MR) is 101 cm³/mol. The van der Waals surface area contributed by atoms with E-state index in [1.54, 1.807) is 12.4 Å². The molecule has 2 aromatic rings. The number of aryl methyl sites for hydroxylation is 1. The van der Waals surface area contributed by atoms with Crippen LogP contribution in [-0.4, -0.2) is 52.7 Å². The zero-order valence-electron chi connectivity index (χ0n) is 15.3. The number of hydrogen-bond acceptors (Lipinski definition) is 7. The van der Waals surface area contributed by atoms with Crippen molar-refractivity contribution in [2.24, 2.45) is 5.92 Å². The summed E-state index contributed by atoms with van der Waals surface area (Å²) in [5.41, 5.74) is 0.992. The van der Waals surface area contributed by atoms with Crippen LogP contribution in [0.25, 0.3) is 0 Å². The molecule has 0 saturated carbocycles. The average molecular weight is 341 g/mol. The molecule has 1 aliphatic rings. The summed E-state index contributed by atoms with van der Waals surface area (Å²) < 4.78 is 0. The van der Waals surface area contributed by atoms with E-state index in [1.165, 1.54) is 0 Å². The van der Waals surface area contributed by atoms with Crippen LogP contribution in [0.1, 0.15) is 26.0 Å². The molecule has 134 valence electrons. The minimum Gasteiger partial charge on any atom is -0.370 e. The molecular weight excluding hydrogens is 314 g/mol. The molecule has 1 N–H and O–H groups in total. The fraction of sp³-hybridized carbons (Fsp3) is 0.556. The maximum atomic E-state index is 4.71. The van der Waals surface area contributed by atoms with Crippen molar-refractivity contribution in [1.29, 1.82) is 0 Å². The van der Waals surface area contributed by atoms with Crippen molar-refractivity contribution in [2.75, 3.05) is 47.8 Å². The summed E-state index contributed by atoms with van der Waals surface area (Å²) >= 11 is 0. The molecule has 0 atom stereocenters. The minimum absolute atomic E-state index is 0.684. The van der Waals surface area contributed by atoms with E-state index in [2.05, 4.69) is 43.9 Å². The molecule has 0 unspecified atom stereocenters. The van der Waals surface area contributed by atoms with Crippen LogP contribution < -0.4 is 15.1 Å². The lowest BCUT2D eigenvalue weighted by Gasteiger charge is -2.34. The Morgan fingerprint density at radius 3 is 2.28 bits per heavy atom. The smallest absolute Gasteiger partial charge is 0.227 e. The second-order valence-electron chi connectivity index (χ2n) is 6.83. The first-order chi connectivity index (χ1) is 12.1. The molecule has 0 aliphatic carbocycles. The first-order valence-corrected chi connectivity index (χ1v) is 8.98. The van der Waals surface area contributed by atoms with E-state index in [-0.39, 0.29) is 0 Å². The fourth-order valence-corrected chi connectivity index (χ4v) is 2.83. The van der Waals surface area contributed by atoms with Crippen molar-refractivity contribution in [3.05, 3.63) is 30.2 Å². The highest BCUT2D eigenvalue weighted by Gasteiger charge is 2.21. The number of nitrogens with one attached hydrogen (secondary N) is 1. The van der Waals surface area contributed by atoms with Crippen molar-refractivity contribution in [3.8, 4) is 0 Å². The molecule has 0 bridgehead atoms. The first-order valence-electron chi connectivity index (χ1n) is 8.98. The zero-order valence-corrected chi connectivity index (χ0v) is 15.3. The molecule has 25 heavy (non-hydrogen) atoms. The maximum Gasteiger partial charge on any atom is 0.227 e. The van der Waals surface area contributed by atoms with Gasteiger partial charge in [-0.25, -0.2) is 15.0 Å². The van der Waals surface area contributed by atoms with Crippen LogP contribution in [0.4, 0.5) is 17.7 Å². The van der Waals surface area contributed by atoms with Gasteiger partial charge < -0.3 is 15.1 Å². The van der Waals surface area contributed by atoms with Gasteiger partial charge in [0.2, 0.25) is 11.9 Å². The summed E-state index contributed by atoms with van der Waals surface area (Å²) in [6.07, 6.45) is 4.70. The van der Waals surface area contributed by atoms with Crippen molar-refractivity contribution in [3.63, 3.8) is 0 Å². The Bertz CT molecular complexity index is 666. The highest BCUT2D eigenvalue weighted by Crippen LogP contribution is 2.17. The van der Waals surface area contributed by atoms with Gasteiger partial charge in [-0.3, -0.25) is 0 Å². The SMILES string of the molecule is Cc1cc(NCCC(C)C)nc(N2CCN(c3ncccn3)CC2)n1. The van der Waals surface area contributed by atoms with Crippen LogP contribution in [0, 0.1) is 12.8 Å². The second kappa shape index (κ2) is 8.09. The monoisotopic (exact) mass is 341 g/mol. The molecule has 1 aliphatic heterocycles. The van der Waals surface area contributed by atoms with Gasteiger partial charge in [0.05, 0.1) is 0 Å². The van der Waals surface area contributed by atoms with Crippen molar-refractivity contribution in [1.82, 2.24) is 19.9 Å². The number of aromatic nitrogens is 4. The van der Waals surface area contributed by atoms with Crippen molar-refractivity contribution >= 4 is 17.7 Å². The molecular formula is C18H27N7. The third-order valence-electron chi connectivity index (χ3n) is 4.27. The fourth-order valence-electron chi connectivity index (χ4n) is 2.83. The van der Waals surface area contributed by atoms with E-state index in [0.717, 1.165) is 62.6 Å². The highest BCUT2D eigenvalue weighted by atomic mass is 15.4. The molecule has 0 spiro atoms. The van der Waals surface area contributed by atoms with Crippen molar-refractivity contribution in [2.45, 2.75) is 27.2 Å².